The number of amides is 1. The zero-order valence-electron chi connectivity index (χ0n) is 11.8. The Morgan fingerprint density at radius 3 is 2.76 bits per heavy atom. The maximum absolute atomic E-state index is 12.0. The molecule has 1 saturated heterocycles. The lowest BCUT2D eigenvalue weighted by Gasteiger charge is -2.35. The minimum Gasteiger partial charge on any atom is -0.342 e. The lowest BCUT2D eigenvalue weighted by Crippen LogP contribution is -2.47. The molecule has 0 spiro atoms. The molecule has 1 rings (SSSR count). The van der Waals surface area contributed by atoms with E-state index in [2.05, 4.69) is 38.2 Å². The van der Waals surface area contributed by atoms with E-state index in [1.807, 2.05) is 4.90 Å². The van der Waals surface area contributed by atoms with Crippen molar-refractivity contribution in [2.24, 2.45) is 5.41 Å². The van der Waals surface area contributed by atoms with E-state index in [1.54, 1.807) is 0 Å². The summed E-state index contributed by atoms with van der Waals surface area (Å²) in [5.41, 5.74) is 0.175. The van der Waals surface area contributed by atoms with Crippen molar-refractivity contribution in [2.45, 2.75) is 26.7 Å². The molecule has 100 valence electrons. The molecule has 4 nitrogen and oxygen atoms in total. The maximum Gasteiger partial charge on any atom is 0.223 e. The van der Waals surface area contributed by atoms with Crippen molar-refractivity contribution in [2.75, 3.05) is 46.8 Å². The first-order chi connectivity index (χ1) is 7.91. The molecule has 0 aromatic heterocycles. The molecule has 1 aliphatic heterocycles. The average molecular weight is 241 g/mol. The largest absolute Gasteiger partial charge is 0.342 e. The molecule has 1 N–H and O–H groups in total. The highest BCUT2D eigenvalue weighted by molar-refractivity contribution is 5.76. The summed E-state index contributed by atoms with van der Waals surface area (Å²) in [4.78, 5) is 16.2. The molecule has 0 radical (unpaired) electrons. The lowest BCUT2D eigenvalue weighted by atomic mass is 9.91. The van der Waals surface area contributed by atoms with Gasteiger partial charge in [-0.2, -0.15) is 0 Å². The number of hydrogen-bond acceptors (Lipinski definition) is 3. The number of rotatable bonds is 4. The summed E-state index contributed by atoms with van der Waals surface area (Å²) < 4.78 is 0. The predicted octanol–water partition coefficient (Wildman–Crippen LogP) is 0.786. The Labute approximate surface area is 105 Å². The van der Waals surface area contributed by atoms with E-state index in [4.69, 9.17) is 0 Å². The average Bonchev–Trinajstić information content (AvgIpc) is 2.20. The van der Waals surface area contributed by atoms with Crippen LogP contribution < -0.4 is 5.32 Å². The molecule has 0 unspecified atom stereocenters. The molecular formula is C13H27N3O. The van der Waals surface area contributed by atoms with Crippen molar-refractivity contribution in [1.82, 2.24) is 15.1 Å². The third-order valence-corrected chi connectivity index (χ3v) is 3.12. The van der Waals surface area contributed by atoms with Gasteiger partial charge in [0.2, 0.25) is 5.91 Å². The van der Waals surface area contributed by atoms with Gasteiger partial charge in [0.15, 0.2) is 0 Å². The van der Waals surface area contributed by atoms with Crippen LogP contribution in [0.2, 0.25) is 0 Å². The highest BCUT2D eigenvalue weighted by atomic mass is 16.2. The summed E-state index contributed by atoms with van der Waals surface area (Å²) in [6, 6.07) is 0. The zero-order chi connectivity index (χ0) is 12.9. The predicted molar refractivity (Wildman–Crippen MR) is 71.0 cm³/mol. The van der Waals surface area contributed by atoms with Crippen LogP contribution in [0, 0.1) is 5.41 Å². The number of carbonyl (C=O) groups is 1. The van der Waals surface area contributed by atoms with Gasteiger partial charge < -0.3 is 15.1 Å². The molecule has 1 amide bonds. The van der Waals surface area contributed by atoms with E-state index < -0.39 is 0 Å². The first-order valence-electron chi connectivity index (χ1n) is 6.54. The van der Waals surface area contributed by atoms with Crippen molar-refractivity contribution in [1.29, 1.82) is 0 Å². The van der Waals surface area contributed by atoms with Gasteiger partial charge in [-0.25, -0.2) is 0 Å². The molecular weight excluding hydrogens is 214 g/mol. The molecule has 17 heavy (non-hydrogen) atoms. The summed E-state index contributed by atoms with van der Waals surface area (Å²) in [6.45, 7) is 9.04. The third-order valence-electron chi connectivity index (χ3n) is 3.12. The Bertz CT molecular complexity index is 251. The quantitative estimate of drug-likeness (QED) is 0.790. The second-order valence-electron chi connectivity index (χ2n) is 6.06. The van der Waals surface area contributed by atoms with E-state index in [-0.39, 0.29) is 5.41 Å². The van der Waals surface area contributed by atoms with E-state index in [9.17, 15) is 4.79 Å². The van der Waals surface area contributed by atoms with Gasteiger partial charge in [0.1, 0.15) is 0 Å². The summed E-state index contributed by atoms with van der Waals surface area (Å²) in [5.74, 6) is 0.295. The second-order valence-corrected chi connectivity index (χ2v) is 6.06. The van der Waals surface area contributed by atoms with Crippen LogP contribution in [-0.2, 0) is 4.79 Å². The molecule has 4 heteroatoms. The smallest absolute Gasteiger partial charge is 0.223 e. The van der Waals surface area contributed by atoms with Crippen LogP contribution in [0.5, 0.6) is 0 Å². The van der Waals surface area contributed by atoms with E-state index in [0.29, 0.717) is 12.3 Å². The maximum atomic E-state index is 12.0. The Balaban J connectivity index is 2.48. The van der Waals surface area contributed by atoms with Crippen LogP contribution in [-0.4, -0.2) is 62.5 Å². The van der Waals surface area contributed by atoms with Gasteiger partial charge in [-0.3, -0.25) is 4.79 Å². The molecule has 0 aliphatic carbocycles. The summed E-state index contributed by atoms with van der Waals surface area (Å²) in [6.07, 6.45) is 1.69. The molecule has 1 aliphatic rings. The number of nitrogens with one attached hydrogen (secondary N) is 1. The fraction of sp³-hybridized carbons (Fsp3) is 0.923. The van der Waals surface area contributed by atoms with E-state index in [0.717, 1.165) is 39.1 Å². The van der Waals surface area contributed by atoms with Gasteiger partial charge in [0.05, 0.1) is 0 Å². The van der Waals surface area contributed by atoms with Crippen LogP contribution >= 0.6 is 0 Å². The van der Waals surface area contributed by atoms with Crippen LogP contribution in [0.25, 0.3) is 0 Å². The van der Waals surface area contributed by atoms with Gasteiger partial charge in [0, 0.05) is 32.6 Å². The van der Waals surface area contributed by atoms with Crippen molar-refractivity contribution < 1.29 is 4.79 Å². The second kappa shape index (κ2) is 6.36. The Morgan fingerprint density at radius 1 is 1.41 bits per heavy atom. The van der Waals surface area contributed by atoms with Crippen molar-refractivity contribution in [3.8, 4) is 0 Å². The minimum atomic E-state index is 0.175. The highest BCUT2D eigenvalue weighted by Gasteiger charge is 2.26. The van der Waals surface area contributed by atoms with Crippen LogP contribution in [0.3, 0.4) is 0 Å². The fourth-order valence-corrected chi connectivity index (χ4v) is 2.22. The topological polar surface area (TPSA) is 35.6 Å². The molecule has 1 fully saturated rings. The molecule has 0 saturated carbocycles. The van der Waals surface area contributed by atoms with E-state index in [1.165, 1.54) is 0 Å². The Kier molecular flexibility index (Phi) is 5.40. The Morgan fingerprint density at radius 2 is 2.12 bits per heavy atom. The normalized spacial score (nSPS) is 21.5. The monoisotopic (exact) mass is 241 g/mol. The summed E-state index contributed by atoms with van der Waals surface area (Å²) in [7, 11) is 4.15. The Hall–Kier alpha value is -0.610. The van der Waals surface area contributed by atoms with Gasteiger partial charge in [0.25, 0.3) is 0 Å². The fourth-order valence-electron chi connectivity index (χ4n) is 2.22. The molecule has 0 aromatic carbocycles. The molecule has 0 atom stereocenters. The van der Waals surface area contributed by atoms with Crippen LogP contribution in [0.15, 0.2) is 0 Å². The first kappa shape index (κ1) is 14.5. The lowest BCUT2D eigenvalue weighted by molar-refractivity contribution is -0.133. The number of nitrogens with zero attached hydrogens (tertiary/aromatic N) is 2. The summed E-state index contributed by atoms with van der Waals surface area (Å²) in [5, 5.41) is 3.35. The molecule has 1 heterocycles. The van der Waals surface area contributed by atoms with Gasteiger partial charge in [-0.05, 0) is 32.5 Å². The SMILES string of the molecule is CN(C)CCCN1CC(C)(C)CNCCC1=O. The highest BCUT2D eigenvalue weighted by Crippen LogP contribution is 2.18. The molecule has 0 bridgehead atoms. The van der Waals surface area contributed by atoms with Crippen molar-refractivity contribution >= 4 is 5.91 Å². The van der Waals surface area contributed by atoms with Crippen LogP contribution in [0.4, 0.5) is 0 Å². The standard InChI is InChI=1S/C13H27N3O/c1-13(2)10-14-7-6-12(17)16(11-13)9-5-8-15(3)4/h14H,5-11H2,1-4H3. The van der Waals surface area contributed by atoms with Gasteiger partial charge >= 0.3 is 0 Å². The first-order valence-corrected chi connectivity index (χ1v) is 6.54. The number of hydrogen-bond donors (Lipinski definition) is 1. The summed E-state index contributed by atoms with van der Waals surface area (Å²) >= 11 is 0. The van der Waals surface area contributed by atoms with Gasteiger partial charge in [-0.1, -0.05) is 13.8 Å². The van der Waals surface area contributed by atoms with E-state index >= 15 is 0 Å². The third kappa shape index (κ3) is 5.50. The number of carbonyl (C=O) groups excluding carboxylic acids is 1. The molecule has 0 aromatic rings. The minimum absolute atomic E-state index is 0.175. The van der Waals surface area contributed by atoms with Crippen LogP contribution in [0.1, 0.15) is 26.7 Å². The zero-order valence-corrected chi connectivity index (χ0v) is 11.8. The van der Waals surface area contributed by atoms with Gasteiger partial charge in [-0.15, -0.1) is 0 Å². The van der Waals surface area contributed by atoms with Crippen molar-refractivity contribution in [3.63, 3.8) is 0 Å². The van der Waals surface area contributed by atoms with Crippen molar-refractivity contribution in [3.05, 3.63) is 0 Å².